The second-order valence-electron chi connectivity index (χ2n) is 6.21. The molecule has 8 heteroatoms. The summed E-state index contributed by atoms with van der Waals surface area (Å²) in [7, 11) is 0. The van der Waals surface area contributed by atoms with Gasteiger partial charge in [-0.3, -0.25) is 4.79 Å². The maximum Gasteiger partial charge on any atom is 0.416 e. The lowest BCUT2D eigenvalue weighted by molar-refractivity contribution is -0.139. The summed E-state index contributed by atoms with van der Waals surface area (Å²) in [6, 6.07) is 3.19. The van der Waals surface area contributed by atoms with Crippen LogP contribution in [0.2, 0.25) is 0 Å². The molecule has 1 fully saturated rings. The van der Waals surface area contributed by atoms with E-state index in [0.29, 0.717) is 13.2 Å². The van der Waals surface area contributed by atoms with Crippen LogP contribution in [0.15, 0.2) is 18.2 Å². The van der Waals surface area contributed by atoms with Crippen molar-refractivity contribution in [2.45, 2.75) is 51.7 Å². The van der Waals surface area contributed by atoms with Crippen LogP contribution in [0.1, 0.15) is 31.9 Å². The molecule has 140 valence electrons. The van der Waals surface area contributed by atoms with Crippen LogP contribution in [0, 0.1) is 0 Å². The molecular weight excluding hydrogens is 337 g/mol. The Morgan fingerprint density at radius 3 is 2.76 bits per heavy atom. The maximum atomic E-state index is 13.3. The number of alkyl halides is 3. The third-order valence-corrected chi connectivity index (χ3v) is 3.81. The lowest BCUT2D eigenvalue weighted by Gasteiger charge is -2.29. The maximum absolute atomic E-state index is 13.3. The minimum Gasteiger partial charge on any atom is -0.491 e. The Balaban J connectivity index is 2.11. The highest BCUT2D eigenvalue weighted by molar-refractivity contribution is 5.82. The predicted molar refractivity (Wildman–Crippen MR) is 86.3 cm³/mol. The molecule has 1 aromatic carbocycles. The predicted octanol–water partition coefficient (Wildman–Crippen LogP) is 2.49. The van der Waals surface area contributed by atoms with E-state index >= 15 is 0 Å². The molecule has 1 aliphatic heterocycles. The van der Waals surface area contributed by atoms with Crippen LogP contribution >= 0.6 is 0 Å². The average molecular weight is 360 g/mol. The summed E-state index contributed by atoms with van der Waals surface area (Å²) in [5.41, 5.74) is -0.826. The third-order valence-electron chi connectivity index (χ3n) is 3.81. The number of morpholine rings is 1. The molecule has 5 nitrogen and oxygen atoms in total. The standard InChI is InChI=1S/C17H23F3N2O3/c1-10(2)25-13-5-4-12(14(8-13)17(18,19)20)9-22-16(23)15-11(3)24-7-6-21-15/h4-5,8,10-11,15,21H,6-7,9H2,1-3H3,(H,22,23)/t11-,15+/m1/s1. The van der Waals surface area contributed by atoms with E-state index < -0.39 is 17.8 Å². The Morgan fingerprint density at radius 2 is 2.16 bits per heavy atom. The van der Waals surface area contributed by atoms with Crippen LogP contribution in [0.4, 0.5) is 13.2 Å². The van der Waals surface area contributed by atoms with Crippen LogP contribution in [0.25, 0.3) is 0 Å². The molecule has 0 aliphatic carbocycles. The first-order valence-corrected chi connectivity index (χ1v) is 8.18. The number of carbonyl (C=O) groups is 1. The van der Waals surface area contributed by atoms with Gasteiger partial charge in [0.15, 0.2) is 0 Å². The van der Waals surface area contributed by atoms with Crippen molar-refractivity contribution in [3.8, 4) is 5.75 Å². The third kappa shape index (κ3) is 5.34. The first-order valence-electron chi connectivity index (χ1n) is 8.18. The van der Waals surface area contributed by atoms with E-state index in [1.165, 1.54) is 12.1 Å². The number of amides is 1. The van der Waals surface area contributed by atoms with Crippen molar-refractivity contribution < 1.29 is 27.4 Å². The van der Waals surface area contributed by atoms with E-state index in [1.54, 1.807) is 20.8 Å². The van der Waals surface area contributed by atoms with Gasteiger partial charge in [0.2, 0.25) is 5.91 Å². The number of carbonyl (C=O) groups excluding carboxylic acids is 1. The van der Waals surface area contributed by atoms with Crippen molar-refractivity contribution in [1.29, 1.82) is 0 Å². The molecule has 1 aliphatic rings. The van der Waals surface area contributed by atoms with Gasteiger partial charge < -0.3 is 20.1 Å². The minimum atomic E-state index is -4.53. The number of hydrogen-bond donors (Lipinski definition) is 2. The van der Waals surface area contributed by atoms with Crippen LogP contribution in [-0.4, -0.2) is 37.3 Å². The molecule has 1 heterocycles. The second-order valence-corrected chi connectivity index (χ2v) is 6.21. The summed E-state index contributed by atoms with van der Waals surface area (Å²) >= 11 is 0. The van der Waals surface area contributed by atoms with Gasteiger partial charge in [0.1, 0.15) is 11.8 Å². The zero-order valence-electron chi connectivity index (χ0n) is 14.4. The number of rotatable bonds is 5. The molecular formula is C17H23F3N2O3. The van der Waals surface area contributed by atoms with Crippen molar-refractivity contribution >= 4 is 5.91 Å². The van der Waals surface area contributed by atoms with E-state index in [1.807, 2.05) is 0 Å². The van der Waals surface area contributed by atoms with Crippen molar-refractivity contribution in [2.24, 2.45) is 0 Å². The van der Waals surface area contributed by atoms with Gasteiger partial charge in [0.25, 0.3) is 0 Å². The van der Waals surface area contributed by atoms with Crippen LogP contribution < -0.4 is 15.4 Å². The lowest BCUT2D eigenvalue weighted by Crippen LogP contribution is -2.55. The Labute approximate surface area is 144 Å². The van der Waals surface area contributed by atoms with E-state index in [2.05, 4.69) is 10.6 Å². The largest absolute Gasteiger partial charge is 0.491 e. The number of nitrogens with one attached hydrogen (secondary N) is 2. The summed E-state index contributed by atoms with van der Waals surface area (Å²) in [6.07, 6.45) is -5.10. The van der Waals surface area contributed by atoms with Gasteiger partial charge in [-0.1, -0.05) is 6.07 Å². The van der Waals surface area contributed by atoms with Crippen LogP contribution in [0.3, 0.4) is 0 Å². The molecule has 1 saturated heterocycles. The topological polar surface area (TPSA) is 59.6 Å². The van der Waals surface area contributed by atoms with E-state index in [-0.39, 0.29) is 36.0 Å². The summed E-state index contributed by atoms with van der Waals surface area (Å²) in [4.78, 5) is 12.2. The number of halogens is 3. The normalized spacial score (nSPS) is 21.2. The number of hydrogen-bond acceptors (Lipinski definition) is 4. The van der Waals surface area contributed by atoms with Gasteiger partial charge in [-0.15, -0.1) is 0 Å². The minimum absolute atomic E-state index is 0.0127. The molecule has 2 rings (SSSR count). The zero-order chi connectivity index (χ0) is 18.6. The summed E-state index contributed by atoms with van der Waals surface area (Å²) in [6.45, 7) is 6.03. The average Bonchev–Trinajstić information content (AvgIpc) is 2.52. The number of ether oxygens (including phenoxy) is 2. The molecule has 0 spiro atoms. The van der Waals surface area contributed by atoms with Gasteiger partial charge in [0.05, 0.1) is 24.4 Å². The first kappa shape index (κ1) is 19.5. The van der Waals surface area contributed by atoms with Crippen molar-refractivity contribution in [3.05, 3.63) is 29.3 Å². The van der Waals surface area contributed by atoms with Gasteiger partial charge in [-0.25, -0.2) is 0 Å². The molecule has 25 heavy (non-hydrogen) atoms. The van der Waals surface area contributed by atoms with E-state index in [0.717, 1.165) is 6.07 Å². The molecule has 0 aromatic heterocycles. The quantitative estimate of drug-likeness (QED) is 0.847. The molecule has 0 saturated carbocycles. The van der Waals surface area contributed by atoms with Crippen molar-refractivity contribution in [1.82, 2.24) is 10.6 Å². The lowest BCUT2D eigenvalue weighted by atomic mass is 10.1. The Bertz CT molecular complexity index is 605. The Morgan fingerprint density at radius 1 is 1.44 bits per heavy atom. The smallest absolute Gasteiger partial charge is 0.416 e. The summed E-state index contributed by atoms with van der Waals surface area (Å²) < 4.78 is 50.6. The Hall–Kier alpha value is -1.80. The van der Waals surface area contributed by atoms with Gasteiger partial charge in [0, 0.05) is 13.1 Å². The highest BCUT2D eigenvalue weighted by Gasteiger charge is 2.34. The molecule has 2 N–H and O–H groups in total. The fourth-order valence-electron chi connectivity index (χ4n) is 2.64. The molecule has 2 atom stereocenters. The van der Waals surface area contributed by atoms with Crippen LogP contribution in [0.5, 0.6) is 5.75 Å². The summed E-state index contributed by atoms with van der Waals surface area (Å²) in [5.74, 6) is -0.240. The van der Waals surface area contributed by atoms with Crippen molar-refractivity contribution in [3.63, 3.8) is 0 Å². The molecule has 0 radical (unpaired) electrons. The SMILES string of the molecule is CC(C)Oc1ccc(CNC(=O)[C@H]2NCCO[C@@H]2C)c(C(F)(F)F)c1. The van der Waals surface area contributed by atoms with Crippen LogP contribution in [-0.2, 0) is 22.3 Å². The zero-order valence-corrected chi connectivity index (χ0v) is 14.4. The second kappa shape index (κ2) is 8.05. The van der Waals surface area contributed by atoms with Crippen molar-refractivity contribution in [2.75, 3.05) is 13.2 Å². The fraction of sp³-hybridized carbons (Fsp3) is 0.588. The molecule has 0 bridgehead atoms. The number of benzene rings is 1. The van der Waals surface area contributed by atoms with Gasteiger partial charge >= 0.3 is 6.18 Å². The highest BCUT2D eigenvalue weighted by Crippen LogP contribution is 2.34. The molecule has 1 amide bonds. The first-order chi connectivity index (χ1) is 11.7. The highest BCUT2D eigenvalue weighted by atomic mass is 19.4. The molecule has 0 unspecified atom stereocenters. The van der Waals surface area contributed by atoms with E-state index in [9.17, 15) is 18.0 Å². The monoisotopic (exact) mass is 360 g/mol. The van der Waals surface area contributed by atoms with E-state index in [4.69, 9.17) is 9.47 Å². The summed E-state index contributed by atoms with van der Waals surface area (Å²) in [5, 5.41) is 5.55. The van der Waals surface area contributed by atoms with Gasteiger partial charge in [-0.05, 0) is 38.5 Å². The fourth-order valence-corrected chi connectivity index (χ4v) is 2.64. The Kier molecular flexibility index (Phi) is 6.29. The molecule has 1 aromatic rings. The van der Waals surface area contributed by atoms with Gasteiger partial charge in [-0.2, -0.15) is 13.2 Å².